The molecule has 0 aliphatic heterocycles. The molecule has 0 spiro atoms. The lowest BCUT2D eigenvalue weighted by Gasteiger charge is -2.39. The van der Waals surface area contributed by atoms with Crippen molar-refractivity contribution in [3.05, 3.63) is 0 Å². The van der Waals surface area contributed by atoms with Crippen LogP contribution < -0.4 is 0 Å². The molecule has 0 nitrogen and oxygen atoms in total. The molecule has 0 aliphatic carbocycles. The van der Waals surface area contributed by atoms with Gasteiger partial charge in [0.2, 0.25) is 3.79 Å². The van der Waals surface area contributed by atoms with Gasteiger partial charge in [0.1, 0.15) is 14.0 Å². The topological polar surface area (TPSA) is 0 Å². The number of rotatable bonds is 6. The minimum atomic E-state index is -2.12. The highest BCUT2D eigenvalue weighted by molar-refractivity contribution is 6.77. The minimum Gasteiger partial charge on any atom is -0.127 e. The zero-order chi connectivity index (χ0) is 15.7. The molecule has 0 saturated carbocycles. The first-order valence-electron chi connectivity index (χ1n) is 4.57. The Morgan fingerprint density at radius 2 is 1.21 bits per heavy atom. The van der Waals surface area contributed by atoms with Crippen molar-refractivity contribution in [2.45, 2.75) is 35.0 Å². The average molecular weight is 493 g/mol. The summed E-state index contributed by atoms with van der Waals surface area (Å²) in [5, 5.41) is -1.37. The van der Waals surface area contributed by atoms with Crippen molar-refractivity contribution in [1.29, 1.82) is 0 Å². The molecule has 0 radical (unpaired) electrons. The summed E-state index contributed by atoms with van der Waals surface area (Å²) in [5.74, 6) is 0.196. The Morgan fingerprint density at radius 1 is 0.789 bits per heavy atom. The third kappa shape index (κ3) is 6.68. The summed E-state index contributed by atoms with van der Waals surface area (Å²) < 4.78 is -7.25. The second kappa shape index (κ2) is 7.84. The third-order valence-corrected chi connectivity index (χ3v) is 7.18. The molecule has 0 heterocycles. The minimum absolute atomic E-state index is 0.185. The van der Waals surface area contributed by atoms with Crippen LogP contribution in [0.2, 0.25) is 0 Å². The zero-order valence-corrected chi connectivity index (χ0v) is 17.2. The smallest absolute Gasteiger partial charge is 0.127 e. The molecule has 0 bridgehead atoms. The van der Waals surface area contributed by atoms with Gasteiger partial charge in [0.25, 0.3) is 0 Å². The molecule has 0 N–H and O–H groups in total. The molecule has 0 rings (SSSR count). The second-order valence-electron chi connectivity index (χ2n) is 3.72. The molecule has 1 atom stereocenters. The van der Waals surface area contributed by atoms with E-state index in [1.807, 2.05) is 0 Å². The molecular formula is C8H7Cl11. The lowest BCUT2D eigenvalue weighted by atomic mass is 10.1. The second-order valence-corrected chi connectivity index (χ2v) is 11.4. The summed E-state index contributed by atoms with van der Waals surface area (Å²) >= 11 is 64.4. The van der Waals surface area contributed by atoms with Gasteiger partial charge in [-0.1, -0.05) is 81.2 Å². The Bertz CT molecular complexity index is 292. The molecule has 0 aliphatic rings. The van der Waals surface area contributed by atoms with Crippen molar-refractivity contribution in [3.63, 3.8) is 0 Å². The Morgan fingerprint density at radius 3 is 1.53 bits per heavy atom. The molecular weight excluding hydrogens is 486 g/mol. The van der Waals surface area contributed by atoms with Crippen LogP contribution in [0.5, 0.6) is 0 Å². The first kappa shape index (κ1) is 22.2. The fourth-order valence-electron chi connectivity index (χ4n) is 1.07. The van der Waals surface area contributed by atoms with Gasteiger partial charge in [-0.05, 0) is 6.42 Å². The zero-order valence-electron chi connectivity index (χ0n) is 8.86. The van der Waals surface area contributed by atoms with Gasteiger partial charge in [-0.25, -0.2) is 0 Å². The molecule has 0 aromatic rings. The first-order chi connectivity index (χ1) is 8.17. The fourth-order valence-corrected chi connectivity index (χ4v) is 4.59. The van der Waals surface area contributed by atoms with Crippen LogP contribution >= 0.6 is 128 Å². The van der Waals surface area contributed by atoms with Crippen molar-refractivity contribution < 1.29 is 0 Å². The van der Waals surface area contributed by atoms with Crippen LogP contribution in [0, 0.1) is 0 Å². The highest BCUT2D eigenvalue weighted by Crippen LogP contribution is 2.56. The van der Waals surface area contributed by atoms with Gasteiger partial charge in [0.15, 0.2) is 4.33 Å². The monoisotopic (exact) mass is 488 g/mol. The Hall–Kier alpha value is 3.19. The lowest BCUT2D eigenvalue weighted by molar-refractivity contribution is 0.549. The third-order valence-electron chi connectivity index (χ3n) is 2.02. The predicted molar refractivity (Wildman–Crippen MR) is 93.2 cm³/mol. The van der Waals surface area contributed by atoms with Gasteiger partial charge < -0.3 is 0 Å². The molecule has 0 amide bonds. The molecule has 1 unspecified atom stereocenters. The van der Waals surface area contributed by atoms with Crippen molar-refractivity contribution >= 4 is 128 Å². The van der Waals surface area contributed by atoms with Crippen molar-refractivity contribution in [2.24, 2.45) is 0 Å². The van der Waals surface area contributed by atoms with Crippen LogP contribution in [0.1, 0.15) is 12.8 Å². The van der Waals surface area contributed by atoms with E-state index in [0.717, 1.165) is 0 Å². The van der Waals surface area contributed by atoms with E-state index in [2.05, 4.69) is 0 Å². The number of alkyl halides is 11. The van der Waals surface area contributed by atoms with Gasteiger partial charge in [0.05, 0.1) is 0 Å². The standard InChI is InChI=1S/C8H7Cl11/c9-2-1-5(11,12)3-6(13,14)4(10)7(15,16)8(17,18)19/h4H,1-3H2. The Labute approximate surface area is 167 Å². The summed E-state index contributed by atoms with van der Waals surface area (Å²) in [6, 6.07) is 0. The number of hydrogen-bond donors (Lipinski definition) is 0. The molecule has 0 aromatic heterocycles. The summed E-state index contributed by atoms with van der Waals surface area (Å²) in [5.41, 5.74) is 0. The molecule has 0 saturated heterocycles. The van der Waals surface area contributed by atoms with Crippen LogP contribution in [0.25, 0.3) is 0 Å². The number of halogens is 11. The van der Waals surface area contributed by atoms with Crippen molar-refractivity contribution in [3.8, 4) is 0 Å². The maximum Gasteiger partial charge on any atom is 0.224 e. The van der Waals surface area contributed by atoms with Crippen molar-refractivity contribution in [2.75, 3.05) is 5.88 Å². The van der Waals surface area contributed by atoms with Gasteiger partial charge in [-0.2, -0.15) is 0 Å². The average Bonchev–Trinajstić information content (AvgIpc) is 2.12. The Kier molecular flexibility index (Phi) is 9.16. The van der Waals surface area contributed by atoms with Crippen LogP contribution in [0.3, 0.4) is 0 Å². The molecule has 0 aromatic carbocycles. The molecule has 11 heteroatoms. The van der Waals surface area contributed by atoms with Crippen LogP contribution in [0.4, 0.5) is 0 Å². The van der Waals surface area contributed by atoms with Gasteiger partial charge in [0, 0.05) is 12.3 Å². The van der Waals surface area contributed by atoms with Gasteiger partial charge in [-0.15, -0.1) is 46.4 Å². The van der Waals surface area contributed by atoms with E-state index in [1.54, 1.807) is 0 Å². The Balaban J connectivity index is 5.11. The molecule has 19 heavy (non-hydrogen) atoms. The number of hydrogen-bond acceptors (Lipinski definition) is 0. The van der Waals surface area contributed by atoms with E-state index in [4.69, 9.17) is 128 Å². The largest absolute Gasteiger partial charge is 0.224 e. The lowest BCUT2D eigenvalue weighted by Crippen LogP contribution is -2.50. The maximum atomic E-state index is 6.07. The summed E-state index contributed by atoms with van der Waals surface area (Å²) in [6.07, 6.45) is 0.0306. The quantitative estimate of drug-likeness (QED) is 0.336. The molecule has 116 valence electrons. The van der Waals surface area contributed by atoms with Crippen molar-refractivity contribution in [1.82, 2.24) is 0 Å². The normalized spacial score (nSPS) is 16.6. The van der Waals surface area contributed by atoms with E-state index in [1.165, 1.54) is 0 Å². The van der Waals surface area contributed by atoms with Crippen LogP contribution in [0.15, 0.2) is 0 Å². The predicted octanol–water partition coefficient (Wildman–Crippen LogP) is 7.50. The van der Waals surface area contributed by atoms with Gasteiger partial charge in [-0.3, -0.25) is 0 Å². The molecule has 0 fully saturated rings. The van der Waals surface area contributed by atoms with Crippen LogP contribution in [-0.4, -0.2) is 28.0 Å². The highest BCUT2D eigenvalue weighted by atomic mass is 35.6. The van der Waals surface area contributed by atoms with E-state index in [-0.39, 0.29) is 18.7 Å². The van der Waals surface area contributed by atoms with Gasteiger partial charge >= 0.3 is 0 Å². The maximum absolute atomic E-state index is 6.07. The summed E-state index contributed by atoms with van der Waals surface area (Å²) in [6.45, 7) is 0. The van der Waals surface area contributed by atoms with E-state index in [0.29, 0.717) is 0 Å². The fraction of sp³-hybridized carbons (Fsp3) is 1.00. The first-order valence-corrected chi connectivity index (χ1v) is 8.95. The van der Waals surface area contributed by atoms with Crippen LogP contribution in [-0.2, 0) is 0 Å². The summed E-state index contributed by atoms with van der Waals surface area (Å²) in [4.78, 5) is 0. The van der Waals surface area contributed by atoms with E-state index >= 15 is 0 Å². The van der Waals surface area contributed by atoms with E-state index < -0.39 is 22.2 Å². The van der Waals surface area contributed by atoms with E-state index in [9.17, 15) is 0 Å². The SMILES string of the molecule is ClCCC(Cl)(Cl)CC(Cl)(Cl)C(Cl)C(Cl)(Cl)C(Cl)(Cl)Cl. The highest BCUT2D eigenvalue weighted by Gasteiger charge is 2.59. The summed E-state index contributed by atoms with van der Waals surface area (Å²) in [7, 11) is 0.